The maximum Gasteiger partial charge on any atom is 0.338 e. The van der Waals surface area contributed by atoms with Crippen LogP contribution in [0.1, 0.15) is 35.8 Å². The van der Waals surface area contributed by atoms with Crippen LogP contribution in [0.25, 0.3) is 0 Å². The second-order valence-electron chi connectivity index (χ2n) is 3.05. The van der Waals surface area contributed by atoms with E-state index < -0.39 is 11.8 Å². The van der Waals surface area contributed by atoms with Crippen molar-refractivity contribution in [2.24, 2.45) is 0 Å². The Morgan fingerprint density at radius 3 is 2.69 bits per heavy atom. The van der Waals surface area contributed by atoms with Gasteiger partial charge in [-0.3, -0.25) is 4.98 Å². The van der Waals surface area contributed by atoms with Gasteiger partial charge in [-0.2, -0.15) is 0 Å². The quantitative estimate of drug-likeness (QED) is 0.763. The van der Waals surface area contributed by atoms with Crippen LogP contribution in [0.15, 0.2) is 12.3 Å². The molecule has 3 nitrogen and oxygen atoms in total. The van der Waals surface area contributed by atoms with Gasteiger partial charge in [-0.15, -0.1) is 0 Å². The van der Waals surface area contributed by atoms with E-state index >= 15 is 0 Å². The minimum Gasteiger partial charge on any atom is -0.478 e. The molecular weight excluding hydrogens is 173 g/mol. The SMILES string of the molecule is CC(C)c1cc(C(=O)O)c(F)cn1. The molecule has 0 unspecified atom stereocenters. The van der Waals surface area contributed by atoms with Crippen molar-refractivity contribution in [3.8, 4) is 0 Å². The van der Waals surface area contributed by atoms with Gasteiger partial charge in [-0.1, -0.05) is 13.8 Å². The van der Waals surface area contributed by atoms with Gasteiger partial charge in [0.15, 0.2) is 5.82 Å². The van der Waals surface area contributed by atoms with Crippen molar-refractivity contribution in [1.82, 2.24) is 4.98 Å². The molecular formula is C9H10FNO2. The highest BCUT2D eigenvalue weighted by molar-refractivity contribution is 5.87. The van der Waals surface area contributed by atoms with Crippen molar-refractivity contribution in [3.05, 3.63) is 29.3 Å². The molecule has 0 atom stereocenters. The third-order valence-electron chi connectivity index (χ3n) is 1.70. The largest absolute Gasteiger partial charge is 0.478 e. The fourth-order valence-corrected chi connectivity index (χ4v) is 0.934. The van der Waals surface area contributed by atoms with E-state index in [0.29, 0.717) is 5.69 Å². The first-order valence-corrected chi connectivity index (χ1v) is 3.91. The topological polar surface area (TPSA) is 50.2 Å². The van der Waals surface area contributed by atoms with Gasteiger partial charge in [-0.05, 0) is 12.0 Å². The van der Waals surface area contributed by atoms with Gasteiger partial charge in [0, 0.05) is 5.69 Å². The Hall–Kier alpha value is -1.45. The zero-order chi connectivity index (χ0) is 10.0. The molecule has 0 aliphatic rings. The van der Waals surface area contributed by atoms with Crippen molar-refractivity contribution in [3.63, 3.8) is 0 Å². The Labute approximate surface area is 75.2 Å². The highest BCUT2D eigenvalue weighted by atomic mass is 19.1. The maximum atomic E-state index is 12.8. The van der Waals surface area contributed by atoms with E-state index in [4.69, 9.17) is 5.11 Å². The smallest absolute Gasteiger partial charge is 0.338 e. The summed E-state index contributed by atoms with van der Waals surface area (Å²) in [7, 11) is 0. The third kappa shape index (κ3) is 2.02. The molecule has 0 saturated carbocycles. The number of carbonyl (C=O) groups is 1. The number of carboxylic acid groups (broad SMARTS) is 1. The molecule has 0 fully saturated rings. The fourth-order valence-electron chi connectivity index (χ4n) is 0.934. The van der Waals surface area contributed by atoms with Crippen LogP contribution in [0.3, 0.4) is 0 Å². The molecule has 1 aromatic rings. The van der Waals surface area contributed by atoms with E-state index in [1.54, 1.807) is 0 Å². The van der Waals surface area contributed by atoms with Crippen LogP contribution in [0.4, 0.5) is 4.39 Å². The van der Waals surface area contributed by atoms with E-state index in [9.17, 15) is 9.18 Å². The van der Waals surface area contributed by atoms with Gasteiger partial charge in [0.1, 0.15) is 0 Å². The average molecular weight is 183 g/mol. The number of pyridine rings is 1. The summed E-state index contributed by atoms with van der Waals surface area (Å²) in [5.41, 5.74) is 0.262. The second-order valence-corrected chi connectivity index (χ2v) is 3.05. The molecule has 0 saturated heterocycles. The zero-order valence-corrected chi connectivity index (χ0v) is 7.41. The van der Waals surface area contributed by atoms with E-state index in [1.165, 1.54) is 6.07 Å². The Bertz CT molecular complexity index is 336. The lowest BCUT2D eigenvalue weighted by Gasteiger charge is -2.04. The van der Waals surface area contributed by atoms with Crippen LogP contribution in [0, 0.1) is 5.82 Å². The van der Waals surface area contributed by atoms with E-state index in [1.807, 2.05) is 13.8 Å². The van der Waals surface area contributed by atoms with Crippen molar-refractivity contribution in [2.75, 3.05) is 0 Å². The van der Waals surface area contributed by atoms with Gasteiger partial charge in [0.05, 0.1) is 11.8 Å². The summed E-state index contributed by atoms with van der Waals surface area (Å²) in [6.45, 7) is 3.73. The number of aromatic carboxylic acids is 1. The van der Waals surface area contributed by atoms with Gasteiger partial charge in [0.25, 0.3) is 0 Å². The standard InChI is InChI=1S/C9H10FNO2/c1-5(2)8-3-6(9(12)13)7(10)4-11-8/h3-5H,1-2H3,(H,12,13). The summed E-state index contributed by atoms with van der Waals surface area (Å²) in [6.07, 6.45) is 0.943. The lowest BCUT2D eigenvalue weighted by molar-refractivity contribution is 0.0691. The average Bonchev–Trinajstić information content (AvgIpc) is 2.04. The van der Waals surface area contributed by atoms with Crippen LogP contribution in [-0.2, 0) is 0 Å². The summed E-state index contributed by atoms with van der Waals surface area (Å²) in [4.78, 5) is 14.3. The summed E-state index contributed by atoms with van der Waals surface area (Å²) < 4.78 is 12.8. The molecule has 4 heteroatoms. The van der Waals surface area contributed by atoms with Crippen molar-refractivity contribution >= 4 is 5.97 Å². The third-order valence-corrected chi connectivity index (χ3v) is 1.70. The lowest BCUT2D eigenvalue weighted by atomic mass is 10.1. The van der Waals surface area contributed by atoms with Crippen LogP contribution >= 0.6 is 0 Å². The molecule has 0 aromatic carbocycles. The molecule has 0 radical (unpaired) electrons. The first kappa shape index (κ1) is 9.64. The Morgan fingerprint density at radius 1 is 1.62 bits per heavy atom. The summed E-state index contributed by atoms with van der Waals surface area (Å²) in [5.74, 6) is -1.96. The monoisotopic (exact) mass is 183 g/mol. The number of aromatic nitrogens is 1. The predicted octanol–water partition coefficient (Wildman–Crippen LogP) is 2.04. The van der Waals surface area contributed by atoms with E-state index in [2.05, 4.69) is 4.98 Å². The molecule has 1 N–H and O–H groups in total. The number of carboxylic acids is 1. The second kappa shape index (κ2) is 3.51. The first-order valence-electron chi connectivity index (χ1n) is 3.91. The minimum atomic E-state index is -1.26. The highest BCUT2D eigenvalue weighted by Crippen LogP contribution is 2.14. The Morgan fingerprint density at radius 2 is 2.23 bits per heavy atom. The number of nitrogens with zero attached hydrogens (tertiary/aromatic N) is 1. The van der Waals surface area contributed by atoms with Crippen LogP contribution in [0.5, 0.6) is 0 Å². The van der Waals surface area contributed by atoms with Crippen molar-refractivity contribution in [2.45, 2.75) is 19.8 Å². The van der Waals surface area contributed by atoms with Crippen LogP contribution < -0.4 is 0 Å². The molecule has 0 amide bonds. The minimum absolute atomic E-state index is 0.0960. The fraction of sp³-hybridized carbons (Fsp3) is 0.333. The number of rotatable bonds is 2. The summed E-state index contributed by atoms with van der Waals surface area (Å²) in [5, 5.41) is 8.60. The Kier molecular flexibility index (Phi) is 2.60. The van der Waals surface area contributed by atoms with Crippen LogP contribution in [0.2, 0.25) is 0 Å². The Balaban J connectivity index is 3.19. The van der Waals surface area contributed by atoms with Crippen molar-refractivity contribution in [1.29, 1.82) is 0 Å². The molecule has 1 heterocycles. The molecule has 0 aliphatic carbocycles. The molecule has 0 spiro atoms. The molecule has 1 rings (SSSR count). The highest BCUT2D eigenvalue weighted by Gasteiger charge is 2.12. The zero-order valence-electron chi connectivity index (χ0n) is 7.41. The van der Waals surface area contributed by atoms with E-state index in [0.717, 1.165) is 6.20 Å². The van der Waals surface area contributed by atoms with Gasteiger partial charge in [-0.25, -0.2) is 9.18 Å². The van der Waals surface area contributed by atoms with E-state index in [-0.39, 0.29) is 11.5 Å². The molecule has 0 aliphatic heterocycles. The number of hydrogen-bond acceptors (Lipinski definition) is 2. The first-order chi connectivity index (χ1) is 6.02. The predicted molar refractivity (Wildman–Crippen MR) is 45.2 cm³/mol. The summed E-state index contributed by atoms with van der Waals surface area (Å²) in [6, 6.07) is 1.27. The van der Waals surface area contributed by atoms with Gasteiger partial charge >= 0.3 is 5.97 Å². The maximum absolute atomic E-state index is 12.8. The molecule has 0 bridgehead atoms. The number of hydrogen-bond donors (Lipinski definition) is 1. The molecule has 70 valence electrons. The normalized spacial score (nSPS) is 10.5. The lowest BCUT2D eigenvalue weighted by Crippen LogP contribution is -2.04. The molecule has 1 aromatic heterocycles. The van der Waals surface area contributed by atoms with Crippen LogP contribution in [-0.4, -0.2) is 16.1 Å². The molecule has 13 heavy (non-hydrogen) atoms. The summed E-state index contributed by atoms with van der Waals surface area (Å²) >= 11 is 0. The van der Waals surface area contributed by atoms with Gasteiger partial charge < -0.3 is 5.11 Å². The number of halogens is 1. The van der Waals surface area contributed by atoms with Gasteiger partial charge in [0.2, 0.25) is 0 Å². The van der Waals surface area contributed by atoms with Crippen molar-refractivity contribution < 1.29 is 14.3 Å².